The number of carbonyl (C=O) groups excluding carboxylic acids is 3. The van der Waals surface area contributed by atoms with Crippen LogP contribution in [0.1, 0.15) is 25.8 Å². The molecule has 0 unspecified atom stereocenters. The maximum atomic E-state index is 12.0. The van der Waals surface area contributed by atoms with Gasteiger partial charge in [-0.25, -0.2) is 9.59 Å². The first kappa shape index (κ1) is 22.9. The second-order valence-electron chi connectivity index (χ2n) is 7.19. The molecule has 0 aliphatic carbocycles. The first-order valence-electron chi connectivity index (χ1n) is 9.62. The SMILES string of the molecule is COC(=O)[C@H](CC(C)C)NC(=O)COC(=O)/C=C/c1ccc2cc(OC)ccc2c1. The highest BCUT2D eigenvalue weighted by Gasteiger charge is 2.22. The number of rotatable bonds is 9. The molecule has 7 heteroatoms. The number of hydrogen-bond acceptors (Lipinski definition) is 6. The highest BCUT2D eigenvalue weighted by atomic mass is 16.5. The minimum Gasteiger partial charge on any atom is -0.497 e. The molecule has 0 aliphatic rings. The molecule has 7 nitrogen and oxygen atoms in total. The summed E-state index contributed by atoms with van der Waals surface area (Å²) in [6, 6.07) is 10.7. The summed E-state index contributed by atoms with van der Waals surface area (Å²) in [6.07, 6.45) is 3.30. The van der Waals surface area contributed by atoms with Crippen molar-refractivity contribution in [2.75, 3.05) is 20.8 Å². The third-order valence-electron chi connectivity index (χ3n) is 4.36. The molecule has 0 spiro atoms. The minimum absolute atomic E-state index is 0.183. The van der Waals surface area contributed by atoms with Crippen molar-refractivity contribution in [2.45, 2.75) is 26.3 Å². The lowest BCUT2D eigenvalue weighted by molar-refractivity contribution is -0.148. The number of methoxy groups -OCH3 is 2. The lowest BCUT2D eigenvalue weighted by Crippen LogP contribution is -2.44. The minimum atomic E-state index is -0.770. The Hall–Kier alpha value is -3.35. The van der Waals surface area contributed by atoms with Gasteiger partial charge in [0.15, 0.2) is 6.61 Å². The largest absolute Gasteiger partial charge is 0.497 e. The van der Waals surface area contributed by atoms with Crippen LogP contribution in [-0.2, 0) is 23.9 Å². The van der Waals surface area contributed by atoms with Crippen molar-refractivity contribution in [1.82, 2.24) is 5.32 Å². The summed E-state index contributed by atoms with van der Waals surface area (Å²) in [4.78, 5) is 35.7. The van der Waals surface area contributed by atoms with Crippen LogP contribution in [0.15, 0.2) is 42.5 Å². The Morgan fingerprint density at radius 2 is 1.73 bits per heavy atom. The van der Waals surface area contributed by atoms with E-state index < -0.39 is 30.5 Å². The molecule has 30 heavy (non-hydrogen) atoms. The topological polar surface area (TPSA) is 90.9 Å². The van der Waals surface area contributed by atoms with Gasteiger partial charge in [0.2, 0.25) is 0 Å². The van der Waals surface area contributed by atoms with E-state index in [1.807, 2.05) is 50.2 Å². The average Bonchev–Trinajstić information content (AvgIpc) is 2.74. The molecule has 0 fully saturated rings. The van der Waals surface area contributed by atoms with Gasteiger partial charge >= 0.3 is 11.9 Å². The number of carbonyl (C=O) groups is 3. The molecule has 0 aliphatic heterocycles. The van der Waals surface area contributed by atoms with Gasteiger partial charge in [0.1, 0.15) is 11.8 Å². The van der Waals surface area contributed by atoms with E-state index in [4.69, 9.17) is 14.2 Å². The van der Waals surface area contributed by atoms with Gasteiger partial charge in [0, 0.05) is 6.08 Å². The van der Waals surface area contributed by atoms with Crippen molar-refractivity contribution < 1.29 is 28.6 Å². The van der Waals surface area contributed by atoms with Gasteiger partial charge in [-0.1, -0.05) is 32.0 Å². The lowest BCUT2D eigenvalue weighted by atomic mass is 10.0. The van der Waals surface area contributed by atoms with Crippen molar-refractivity contribution >= 4 is 34.7 Å². The van der Waals surface area contributed by atoms with Crippen LogP contribution in [0.2, 0.25) is 0 Å². The highest BCUT2D eigenvalue weighted by molar-refractivity contribution is 5.92. The van der Waals surface area contributed by atoms with Crippen molar-refractivity contribution in [3.05, 3.63) is 48.0 Å². The van der Waals surface area contributed by atoms with E-state index in [0.717, 1.165) is 22.1 Å². The fourth-order valence-electron chi connectivity index (χ4n) is 2.89. The molecular formula is C23H27NO6. The summed E-state index contributed by atoms with van der Waals surface area (Å²) in [5.41, 5.74) is 0.816. The molecule has 0 saturated heterocycles. The van der Waals surface area contributed by atoms with Gasteiger partial charge in [-0.2, -0.15) is 0 Å². The van der Waals surface area contributed by atoms with Gasteiger partial charge < -0.3 is 19.5 Å². The van der Waals surface area contributed by atoms with E-state index >= 15 is 0 Å². The molecule has 1 atom stereocenters. The van der Waals surface area contributed by atoms with Crippen LogP contribution in [0.25, 0.3) is 16.8 Å². The number of esters is 2. The third-order valence-corrected chi connectivity index (χ3v) is 4.36. The molecule has 2 rings (SSSR count). The second kappa shape index (κ2) is 11.0. The Bertz CT molecular complexity index is 934. The molecule has 0 saturated carbocycles. The van der Waals surface area contributed by atoms with Gasteiger partial charge in [0.05, 0.1) is 14.2 Å². The summed E-state index contributed by atoms with van der Waals surface area (Å²) >= 11 is 0. The van der Waals surface area contributed by atoms with E-state index in [1.165, 1.54) is 13.2 Å². The highest BCUT2D eigenvalue weighted by Crippen LogP contribution is 2.22. The summed E-state index contributed by atoms with van der Waals surface area (Å²) in [7, 11) is 2.87. The van der Waals surface area contributed by atoms with E-state index in [2.05, 4.69) is 5.32 Å². The molecule has 2 aromatic rings. The predicted molar refractivity (Wildman–Crippen MR) is 114 cm³/mol. The average molecular weight is 413 g/mol. The van der Waals surface area contributed by atoms with Crippen LogP contribution in [0, 0.1) is 5.92 Å². The first-order chi connectivity index (χ1) is 14.3. The van der Waals surface area contributed by atoms with Gasteiger partial charge in [-0.3, -0.25) is 4.79 Å². The summed E-state index contributed by atoms with van der Waals surface area (Å²) in [5, 5.41) is 4.56. The molecule has 2 aromatic carbocycles. The van der Waals surface area contributed by atoms with Gasteiger partial charge in [-0.05, 0) is 52.9 Å². The molecule has 1 amide bonds. The molecule has 0 radical (unpaired) electrons. The number of ether oxygens (including phenoxy) is 3. The zero-order valence-electron chi connectivity index (χ0n) is 17.6. The Morgan fingerprint density at radius 3 is 2.40 bits per heavy atom. The number of fused-ring (bicyclic) bond motifs is 1. The molecular weight excluding hydrogens is 386 g/mol. The van der Waals surface area contributed by atoms with Crippen molar-refractivity contribution in [3.8, 4) is 5.75 Å². The zero-order chi connectivity index (χ0) is 22.1. The Balaban J connectivity index is 1.90. The third kappa shape index (κ3) is 6.92. The Kier molecular flexibility index (Phi) is 8.41. The maximum Gasteiger partial charge on any atom is 0.331 e. The standard InChI is InChI=1S/C23H27NO6/c1-15(2)11-20(23(27)29-4)24-21(25)14-30-22(26)10-6-16-5-7-18-13-19(28-3)9-8-17(18)12-16/h5-10,12-13,15,20H,11,14H2,1-4H3,(H,24,25)/b10-6+/t20-/m0/s1. The monoisotopic (exact) mass is 413 g/mol. The Labute approximate surface area is 176 Å². The summed E-state index contributed by atoms with van der Waals surface area (Å²) < 4.78 is 14.9. The van der Waals surface area contributed by atoms with Crippen molar-refractivity contribution in [3.63, 3.8) is 0 Å². The lowest BCUT2D eigenvalue weighted by Gasteiger charge is -2.18. The van der Waals surface area contributed by atoms with Crippen molar-refractivity contribution in [2.24, 2.45) is 5.92 Å². The van der Waals surface area contributed by atoms with Crippen LogP contribution in [0.3, 0.4) is 0 Å². The maximum absolute atomic E-state index is 12.0. The molecule has 1 N–H and O–H groups in total. The fourth-order valence-corrected chi connectivity index (χ4v) is 2.89. The summed E-state index contributed by atoms with van der Waals surface area (Å²) in [5.74, 6) is -0.790. The number of amides is 1. The normalized spacial score (nSPS) is 12.0. The fraction of sp³-hybridized carbons (Fsp3) is 0.348. The molecule has 0 aromatic heterocycles. The quantitative estimate of drug-likeness (QED) is 0.502. The van der Waals surface area contributed by atoms with Crippen LogP contribution in [0.4, 0.5) is 0 Å². The number of benzene rings is 2. The van der Waals surface area contributed by atoms with Gasteiger partial charge in [-0.15, -0.1) is 0 Å². The van der Waals surface area contributed by atoms with Crippen LogP contribution < -0.4 is 10.1 Å². The van der Waals surface area contributed by atoms with E-state index in [-0.39, 0.29) is 5.92 Å². The number of hydrogen-bond donors (Lipinski definition) is 1. The second-order valence-corrected chi connectivity index (χ2v) is 7.19. The van der Waals surface area contributed by atoms with E-state index in [0.29, 0.717) is 6.42 Å². The van der Waals surface area contributed by atoms with Crippen LogP contribution in [0.5, 0.6) is 5.75 Å². The molecule has 160 valence electrons. The van der Waals surface area contributed by atoms with E-state index in [9.17, 15) is 14.4 Å². The first-order valence-corrected chi connectivity index (χ1v) is 9.62. The Morgan fingerprint density at radius 1 is 1.03 bits per heavy atom. The van der Waals surface area contributed by atoms with E-state index in [1.54, 1.807) is 13.2 Å². The van der Waals surface area contributed by atoms with Gasteiger partial charge in [0.25, 0.3) is 5.91 Å². The predicted octanol–water partition coefficient (Wildman–Crippen LogP) is 3.11. The van der Waals surface area contributed by atoms with Crippen molar-refractivity contribution in [1.29, 1.82) is 0 Å². The smallest absolute Gasteiger partial charge is 0.331 e. The zero-order valence-corrected chi connectivity index (χ0v) is 17.6. The van der Waals surface area contributed by atoms with Crippen LogP contribution >= 0.6 is 0 Å². The number of nitrogens with one attached hydrogen (secondary N) is 1. The molecule has 0 bridgehead atoms. The van der Waals surface area contributed by atoms with Crippen LogP contribution in [-0.4, -0.2) is 44.7 Å². The summed E-state index contributed by atoms with van der Waals surface area (Å²) in [6.45, 7) is 3.37. The molecule has 0 heterocycles.